The highest BCUT2D eigenvalue weighted by atomic mass is 19.4. The van der Waals surface area contributed by atoms with Gasteiger partial charge in [-0.2, -0.15) is 13.2 Å². The van der Waals surface area contributed by atoms with Gasteiger partial charge in [0.1, 0.15) is 6.54 Å². The lowest BCUT2D eigenvalue weighted by atomic mass is 10.1. The summed E-state index contributed by atoms with van der Waals surface area (Å²) in [6, 6.07) is 5.65. The summed E-state index contributed by atoms with van der Waals surface area (Å²) in [5, 5.41) is 0. The van der Waals surface area contributed by atoms with E-state index in [4.69, 9.17) is 0 Å². The highest BCUT2D eigenvalue weighted by molar-refractivity contribution is 5.76. The number of hydrogen-bond donors (Lipinski definition) is 0. The fourth-order valence-corrected chi connectivity index (χ4v) is 1.67. The maximum Gasteiger partial charge on any atom is 0.422 e. The zero-order chi connectivity index (χ0) is 15.3. The van der Waals surface area contributed by atoms with Gasteiger partial charge >= 0.3 is 12.1 Å². The smallest absolute Gasteiger partial charge is 0.422 e. The molecule has 0 spiro atoms. The van der Waals surface area contributed by atoms with E-state index < -0.39 is 18.8 Å². The first-order valence-electron chi connectivity index (χ1n) is 6.27. The number of alkyl halides is 3. The number of carbonyl (C=O) groups is 1. The van der Waals surface area contributed by atoms with Gasteiger partial charge in [-0.25, -0.2) is 0 Å². The monoisotopic (exact) mass is 289 g/mol. The van der Waals surface area contributed by atoms with E-state index in [0.29, 0.717) is 6.54 Å². The van der Waals surface area contributed by atoms with Crippen molar-refractivity contribution in [3.63, 3.8) is 0 Å². The van der Waals surface area contributed by atoms with Crippen molar-refractivity contribution in [2.75, 3.05) is 24.6 Å². The molecule has 0 aliphatic carbocycles. The topological polar surface area (TPSA) is 29.5 Å². The Labute approximate surface area is 116 Å². The number of rotatable bonds is 5. The van der Waals surface area contributed by atoms with Crippen LogP contribution in [0.4, 0.5) is 18.9 Å². The van der Waals surface area contributed by atoms with Gasteiger partial charge in [0.2, 0.25) is 0 Å². The fourth-order valence-electron chi connectivity index (χ4n) is 1.67. The molecule has 0 unspecified atom stereocenters. The van der Waals surface area contributed by atoms with Crippen LogP contribution in [0.2, 0.25) is 0 Å². The van der Waals surface area contributed by atoms with Crippen molar-refractivity contribution in [3.8, 4) is 0 Å². The summed E-state index contributed by atoms with van der Waals surface area (Å²) in [4.78, 5) is 13.1. The van der Waals surface area contributed by atoms with Crippen LogP contribution in [0.15, 0.2) is 18.2 Å². The highest BCUT2D eigenvalue weighted by Crippen LogP contribution is 2.19. The number of hydrogen-bond acceptors (Lipinski definition) is 3. The van der Waals surface area contributed by atoms with Gasteiger partial charge < -0.3 is 9.64 Å². The predicted molar refractivity (Wildman–Crippen MR) is 70.8 cm³/mol. The van der Waals surface area contributed by atoms with Crippen LogP contribution in [0.25, 0.3) is 0 Å². The molecule has 0 aliphatic heterocycles. The molecular weight excluding hydrogens is 271 g/mol. The Morgan fingerprint density at radius 3 is 2.40 bits per heavy atom. The highest BCUT2D eigenvalue weighted by Gasteiger charge is 2.29. The third-order valence-electron chi connectivity index (χ3n) is 2.95. The average molecular weight is 289 g/mol. The Balaban J connectivity index is 2.67. The number of carbonyl (C=O) groups excluding carboxylic acids is 1. The first-order valence-corrected chi connectivity index (χ1v) is 6.27. The molecule has 0 saturated carbocycles. The minimum Gasteiger partial charge on any atom is -0.455 e. The van der Waals surface area contributed by atoms with Crippen molar-refractivity contribution < 1.29 is 22.7 Å². The van der Waals surface area contributed by atoms with Gasteiger partial charge in [0.15, 0.2) is 6.61 Å². The van der Waals surface area contributed by atoms with Gasteiger partial charge in [0, 0.05) is 12.2 Å². The van der Waals surface area contributed by atoms with Gasteiger partial charge in [0.25, 0.3) is 0 Å². The van der Waals surface area contributed by atoms with E-state index in [1.807, 2.05) is 39.0 Å². The molecule has 6 heteroatoms. The molecule has 112 valence electrons. The molecule has 1 rings (SSSR count). The molecule has 0 aliphatic rings. The number of aryl methyl sites for hydroxylation is 2. The van der Waals surface area contributed by atoms with Gasteiger partial charge in [-0.05, 0) is 44.0 Å². The van der Waals surface area contributed by atoms with Crippen LogP contribution in [0.5, 0.6) is 0 Å². The number of esters is 1. The lowest BCUT2D eigenvalue weighted by Crippen LogP contribution is -2.32. The molecule has 0 atom stereocenters. The molecule has 0 amide bonds. The summed E-state index contributed by atoms with van der Waals surface area (Å²) in [5.41, 5.74) is 2.97. The Morgan fingerprint density at radius 1 is 1.25 bits per heavy atom. The lowest BCUT2D eigenvalue weighted by molar-refractivity contribution is -0.185. The van der Waals surface area contributed by atoms with Crippen LogP contribution in [0.1, 0.15) is 18.1 Å². The molecule has 3 nitrogen and oxygen atoms in total. The number of nitrogens with zero attached hydrogens (tertiary/aromatic N) is 1. The number of ether oxygens (including phenoxy) is 1. The van der Waals surface area contributed by atoms with Crippen molar-refractivity contribution in [1.29, 1.82) is 0 Å². The van der Waals surface area contributed by atoms with Crippen molar-refractivity contribution >= 4 is 11.7 Å². The molecule has 0 bridgehead atoms. The van der Waals surface area contributed by atoms with Crippen molar-refractivity contribution in [1.82, 2.24) is 0 Å². The van der Waals surface area contributed by atoms with E-state index in [1.165, 1.54) is 0 Å². The third-order valence-corrected chi connectivity index (χ3v) is 2.95. The fraction of sp³-hybridized carbons (Fsp3) is 0.500. The van der Waals surface area contributed by atoms with Crippen LogP contribution >= 0.6 is 0 Å². The summed E-state index contributed by atoms with van der Waals surface area (Å²) in [6.07, 6.45) is -4.49. The molecular formula is C14H18F3NO2. The summed E-state index contributed by atoms with van der Waals surface area (Å²) >= 11 is 0. The first kappa shape index (κ1) is 16.3. The number of anilines is 1. The lowest BCUT2D eigenvalue weighted by Gasteiger charge is -2.23. The van der Waals surface area contributed by atoms with Gasteiger partial charge in [0.05, 0.1) is 0 Å². The summed E-state index contributed by atoms with van der Waals surface area (Å²) < 4.78 is 40.1. The number of benzene rings is 1. The Bertz CT molecular complexity index is 472. The number of likely N-dealkylation sites (N-methyl/N-ethyl adjacent to an activating group) is 1. The van der Waals surface area contributed by atoms with E-state index in [9.17, 15) is 18.0 Å². The minimum atomic E-state index is -4.49. The normalized spacial score (nSPS) is 11.3. The Kier molecular flexibility index (Phi) is 5.42. The molecule has 0 saturated heterocycles. The van der Waals surface area contributed by atoms with Crippen LogP contribution in [0.3, 0.4) is 0 Å². The first-order chi connectivity index (χ1) is 9.23. The quantitative estimate of drug-likeness (QED) is 0.779. The Hall–Kier alpha value is -1.72. The van der Waals surface area contributed by atoms with Crippen LogP contribution in [-0.2, 0) is 9.53 Å². The van der Waals surface area contributed by atoms with Gasteiger partial charge in [-0.15, -0.1) is 0 Å². The van der Waals surface area contributed by atoms with Crippen LogP contribution in [0, 0.1) is 13.8 Å². The van der Waals surface area contributed by atoms with Crippen LogP contribution < -0.4 is 4.90 Å². The van der Waals surface area contributed by atoms with E-state index in [0.717, 1.165) is 16.8 Å². The van der Waals surface area contributed by atoms with Crippen molar-refractivity contribution in [2.24, 2.45) is 0 Å². The number of halogens is 3. The maximum atomic E-state index is 12.0. The minimum absolute atomic E-state index is 0.199. The summed E-state index contributed by atoms with van der Waals surface area (Å²) in [6.45, 7) is 4.49. The molecule has 0 radical (unpaired) electrons. The van der Waals surface area contributed by atoms with E-state index in [1.54, 1.807) is 4.90 Å². The zero-order valence-electron chi connectivity index (χ0n) is 11.8. The molecule has 0 N–H and O–H groups in total. The molecule has 1 aromatic carbocycles. The second-order valence-corrected chi connectivity index (χ2v) is 4.56. The SMILES string of the molecule is CCN(CC(=O)OCC(F)(F)F)c1ccc(C)c(C)c1. The van der Waals surface area contributed by atoms with Crippen molar-refractivity contribution in [2.45, 2.75) is 26.9 Å². The molecule has 0 aromatic heterocycles. The third kappa shape index (κ3) is 5.11. The second-order valence-electron chi connectivity index (χ2n) is 4.56. The van der Waals surface area contributed by atoms with Gasteiger partial charge in [-0.1, -0.05) is 6.07 Å². The van der Waals surface area contributed by atoms with E-state index in [-0.39, 0.29) is 6.54 Å². The average Bonchev–Trinajstić information content (AvgIpc) is 2.36. The van der Waals surface area contributed by atoms with E-state index in [2.05, 4.69) is 4.74 Å². The zero-order valence-corrected chi connectivity index (χ0v) is 11.8. The maximum absolute atomic E-state index is 12.0. The standard InChI is InChI=1S/C14H18F3NO2/c1-4-18(8-13(19)20-9-14(15,16)17)12-6-5-10(2)11(3)7-12/h5-7H,4,8-9H2,1-3H3. The predicted octanol–water partition coefficient (Wildman–Crippen LogP) is 3.24. The molecule has 1 aromatic rings. The van der Waals surface area contributed by atoms with Gasteiger partial charge in [-0.3, -0.25) is 4.79 Å². The molecule has 0 heterocycles. The van der Waals surface area contributed by atoms with Crippen molar-refractivity contribution in [3.05, 3.63) is 29.3 Å². The summed E-state index contributed by atoms with van der Waals surface area (Å²) in [7, 11) is 0. The van der Waals surface area contributed by atoms with Crippen LogP contribution in [-0.4, -0.2) is 31.8 Å². The molecule has 0 fully saturated rings. The molecule has 20 heavy (non-hydrogen) atoms. The van der Waals surface area contributed by atoms with E-state index >= 15 is 0 Å². The second kappa shape index (κ2) is 6.63. The largest absolute Gasteiger partial charge is 0.455 e. The summed E-state index contributed by atoms with van der Waals surface area (Å²) in [5.74, 6) is -0.887. The Morgan fingerprint density at radius 2 is 1.90 bits per heavy atom.